The molecule has 1 saturated heterocycles. The first-order valence-electron chi connectivity index (χ1n) is 11.7. The molecule has 0 spiro atoms. The molecule has 1 aliphatic carbocycles. The van der Waals surface area contributed by atoms with E-state index in [-0.39, 0.29) is 24.1 Å². The van der Waals surface area contributed by atoms with Crippen molar-refractivity contribution in [2.24, 2.45) is 0 Å². The van der Waals surface area contributed by atoms with Crippen molar-refractivity contribution in [3.05, 3.63) is 60.1 Å². The number of aromatic nitrogens is 3. The summed E-state index contributed by atoms with van der Waals surface area (Å²) in [6.07, 6.45) is 3.88. The molecule has 0 atom stereocenters. The van der Waals surface area contributed by atoms with Crippen LogP contribution in [0.2, 0.25) is 0 Å². The number of benzene rings is 1. The molecule has 11 heteroatoms. The smallest absolute Gasteiger partial charge is 0.238 e. The fourth-order valence-corrected chi connectivity index (χ4v) is 4.95. The van der Waals surface area contributed by atoms with Crippen molar-refractivity contribution in [3.63, 3.8) is 0 Å². The van der Waals surface area contributed by atoms with E-state index in [1.54, 1.807) is 18.4 Å². The van der Waals surface area contributed by atoms with Gasteiger partial charge in [0.05, 0.1) is 25.1 Å². The van der Waals surface area contributed by atoms with Crippen molar-refractivity contribution in [1.29, 1.82) is 0 Å². The minimum absolute atomic E-state index is 0.0411. The van der Waals surface area contributed by atoms with Gasteiger partial charge in [0.2, 0.25) is 11.8 Å². The van der Waals surface area contributed by atoms with Gasteiger partial charge in [-0.1, -0.05) is 17.8 Å². The fraction of sp³-hybridized carbons (Fsp3) is 0.417. The lowest BCUT2D eigenvalue weighted by Gasteiger charge is -2.34. The maximum Gasteiger partial charge on any atom is 0.238 e. The van der Waals surface area contributed by atoms with Crippen LogP contribution in [-0.2, 0) is 16.1 Å². The van der Waals surface area contributed by atoms with Crippen molar-refractivity contribution in [3.8, 4) is 0 Å². The summed E-state index contributed by atoms with van der Waals surface area (Å²) in [6.45, 7) is 3.07. The minimum Gasteiger partial charge on any atom is -0.467 e. The zero-order valence-electron chi connectivity index (χ0n) is 19.2. The summed E-state index contributed by atoms with van der Waals surface area (Å²) >= 11 is 1.40. The van der Waals surface area contributed by atoms with Crippen molar-refractivity contribution in [2.75, 3.05) is 43.8 Å². The molecule has 2 aromatic heterocycles. The second kappa shape index (κ2) is 10.6. The van der Waals surface area contributed by atoms with Crippen LogP contribution in [0.3, 0.4) is 0 Å². The second-order valence-electron chi connectivity index (χ2n) is 8.78. The molecule has 0 unspecified atom stereocenters. The highest BCUT2D eigenvalue weighted by Crippen LogP contribution is 2.40. The first kappa shape index (κ1) is 23.6. The Kier molecular flexibility index (Phi) is 7.14. The number of amides is 2. The van der Waals surface area contributed by atoms with Crippen LogP contribution in [0.4, 0.5) is 10.1 Å². The molecular formula is C24H27FN6O3S. The summed E-state index contributed by atoms with van der Waals surface area (Å²) in [7, 11) is 0. The summed E-state index contributed by atoms with van der Waals surface area (Å²) in [5, 5.41) is 12.2. The molecule has 1 aromatic carbocycles. The molecule has 0 radical (unpaired) electrons. The summed E-state index contributed by atoms with van der Waals surface area (Å²) in [4.78, 5) is 29.0. The number of furan rings is 1. The molecule has 3 heterocycles. The molecule has 2 fully saturated rings. The number of hydrogen-bond donors (Lipinski definition) is 1. The van der Waals surface area contributed by atoms with E-state index in [9.17, 15) is 14.0 Å². The number of piperazine rings is 1. The van der Waals surface area contributed by atoms with E-state index in [1.165, 1.54) is 23.9 Å². The zero-order chi connectivity index (χ0) is 24.2. The number of carbonyl (C=O) groups is 2. The van der Waals surface area contributed by atoms with E-state index in [0.717, 1.165) is 29.6 Å². The van der Waals surface area contributed by atoms with Crippen molar-refractivity contribution < 1.29 is 18.4 Å². The molecule has 184 valence electrons. The molecule has 1 saturated carbocycles. The number of carbonyl (C=O) groups excluding carboxylic acids is 2. The standard InChI is InChI=1S/C24H27FN6O3S/c25-18-3-1-4-19(13-18)26-21(32)15-29-8-10-30(11-9-29)22(33)16-35-24-28-27-23(17-6-7-17)31(24)14-20-5-2-12-34-20/h1-5,12-13,17H,6-11,14-16H2,(H,26,32). The number of anilines is 1. The van der Waals surface area contributed by atoms with Gasteiger partial charge in [-0.15, -0.1) is 10.2 Å². The van der Waals surface area contributed by atoms with Crippen molar-refractivity contribution in [1.82, 2.24) is 24.6 Å². The fourth-order valence-electron chi connectivity index (χ4n) is 4.10. The number of hydrogen-bond acceptors (Lipinski definition) is 7. The van der Waals surface area contributed by atoms with E-state index in [4.69, 9.17) is 4.42 Å². The van der Waals surface area contributed by atoms with Crippen LogP contribution in [0.5, 0.6) is 0 Å². The predicted molar refractivity (Wildman–Crippen MR) is 129 cm³/mol. The molecule has 5 rings (SSSR count). The van der Waals surface area contributed by atoms with Gasteiger partial charge < -0.3 is 14.6 Å². The number of rotatable bonds is 9. The molecule has 1 aliphatic heterocycles. The monoisotopic (exact) mass is 498 g/mol. The molecule has 1 N–H and O–H groups in total. The van der Waals surface area contributed by atoms with Crippen molar-refractivity contribution >= 4 is 29.3 Å². The van der Waals surface area contributed by atoms with Crippen LogP contribution in [-0.4, -0.2) is 74.9 Å². The molecule has 3 aromatic rings. The number of thioether (sulfide) groups is 1. The lowest BCUT2D eigenvalue weighted by molar-refractivity contribution is -0.130. The lowest BCUT2D eigenvalue weighted by atomic mass is 10.3. The lowest BCUT2D eigenvalue weighted by Crippen LogP contribution is -2.50. The van der Waals surface area contributed by atoms with Crippen LogP contribution < -0.4 is 5.32 Å². The molecule has 9 nitrogen and oxygen atoms in total. The average molecular weight is 499 g/mol. The highest BCUT2D eigenvalue weighted by atomic mass is 32.2. The summed E-state index contributed by atoms with van der Waals surface area (Å²) in [5.74, 6) is 1.96. The third-order valence-electron chi connectivity index (χ3n) is 6.11. The van der Waals surface area contributed by atoms with Gasteiger partial charge in [0, 0.05) is 37.8 Å². The summed E-state index contributed by atoms with van der Waals surface area (Å²) in [5.41, 5.74) is 0.436. The van der Waals surface area contributed by atoms with Gasteiger partial charge in [-0.3, -0.25) is 19.1 Å². The Bertz CT molecular complexity index is 1170. The molecular weight excluding hydrogens is 471 g/mol. The molecule has 35 heavy (non-hydrogen) atoms. The first-order valence-corrected chi connectivity index (χ1v) is 12.7. The quantitative estimate of drug-likeness (QED) is 0.453. The maximum atomic E-state index is 13.3. The Hall–Kier alpha value is -3.18. The predicted octanol–water partition coefficient (Wildman–Crippen LogP) is 2.81. The van der Waals surface area contributed by atoms with Gasteiger partial charge in [0.25, 0.3) is 0 Å². The van der Waals surface area contributed by atoms with Crippen LogP contribution in [0, 0.1) is 5.82 Å². The SMILES string of the molecule is O=C(CN1CCN(C(=O)CSc2nnc(C3CC3)n2Cc2ccco2)CC1)Nc1cccc(F)c1. The zero-order valence-corrected chi connectivity index (χ0v) is 20.0. The van der Waals surface area contributed by atoms with Gasteiger partial charge in [-0.25, -0.2) is 4.39 Å². The Morgan fingerprint density at radius 3 is 2.66 bits per heavy atom. The molecule has 0 bridgehead atoms. The van der Waals surface area contributed by atoms with E-state index >= 15 is 0 Å². The normalized spacial score (nSPS) is 16.4. The maximum absolute atomic E-state index is 13.3. The highest BCUT2D eigenvalue weighted by Gasteiger charge is 2.31. The van der Waals surface area contributed by atoms with E-state index in [0.29, 0.717) is 44.3 Å². The van der Waals surface area contributed by atoms with Gasteiger partial charge in [-0.2, -0.15) is 0 Å². The highest BCUT2D eigenvalue weighted by molar-refractivity contribution is 7.99. The van der Waals surface area contributed by atoms with Crippen molar-refractivity contribution in [2.45, 2.75) is 30.5 Å². The average Bonchev–Trinajstić information content (AvgIpc) is 3.41. The van der Waals surface area contributed by atoms with E-state index in [2.05, 4.69) is 20.1 Å². The largest absolute Gasteiger partial charge is 0.467 e. The second-order valence-corrected chi connectivity index (χ2v) is 9.73. The van der Waals surface area contributed by atoms with Crippen LogP contribution in [0.15, 0.2) is 52.2 Å². The van der Waals surface area contributed by atoms with Gasteiger partial charge in [0.15, 0.2) is 5.16 Å². The van der Waals surface area contributed by atoms with E-state index in [1.807, 2.05) is 21.9 Å². The third-order valence-corrected chi connectivity index (χ3v) is 7.06. The number of nitrogens with one attached hydrogen (secondary N) is 1. The molecule has 2 amide bonds. The third kappa shape index (κ3) is 6.09. The van der Waals surface area contributed by atoms with Gasteiger partial charge >= 0.3 is 0 Å². The van der Waals surface area contributed by atoms with Crippen LogP contribution in [0.1, 0.15) is 30.3 Å². The summed E-state index contributed by atoms with van der Waals surface area (Å²) < 4.78 is 20.9. The molecule has 2 aliphatic rings. The first-order chi connectivity index (χ1) is 17.0. The topological polar surface area (TPSA) is 96.5 Å². The van der Waals surface area contributed by atoms with E-state index < -0.39 is 5.82 Å². The van der Waals surface area contributed by atoms with Gasteiger partial charge in [0.1, 0.15) is 17.4 Å². The van der Waals surface area contributed by atoms with Gasteiger partial charge in [-0.05, 0) is 43.2 Å². The summed E-state index contributed by atoms with van der Waals surface area (Å²) in [6, 6.07) is 9.61. The Balaban J connectivity index is 1.10. The Labute approximate surface area is 206 Å². The number of nitrogens with zero attached hydrogens (tertiary/aromatic N) is 5. The number of halogens is 1. The Morgan fingerprint density at radius 1 is 1.11 bits per heavy atom. The van der Waals surface area contributed by atoms with Crippen LogP contribution in [0.25, 0.3) is 0 Å². The van der Waals surface area contributed by atoms with Crippen LogP contribution >= 0.6 is 11.8 Å². The minimum atomic E-state index is -0.393. The Morgan fingerprint density at radius 2 is 1.94 bits per heavy atom.